The molecule has 2 N–H and O–H groups in total. The molecule has 3 atom stereocenters. The van der Waals surface area contributed by atoms with E-state index in [0.29, 0.717) is 24.0 Å². The van der Waals surface area contributed by atoms with E-state index in [2.05, 4.69) is 43.7 Å². The van der Waals surface area contributed by atoms with E-state index >= 15 is 0 Å². The first kappa shape index (κ1) is 18.7. The molecule has 5 heterocycles. The van der Waals surface area contributed by atoms with Crippen molar-refractivity contribution in [2.45, 2.75) is 62.8 Å². The van der Waals surface area contributed by atoms with Crippen LogP contribution in [0.25, 0.3) is 22.5 Å². The zero-order chi connectivity index (χ0) is 20.8. The first-order valence-corrected chi connectivity index (χ1v) is 11.2. The second-order valence-electron chi connectivity index (χ2n) is 9.00. The molecular weight excluding hydrogens is 390 g/mol. The van der Waals surface area contributed by atoms with Gasteiger partial charge in [-0.3, -0.25) is 5.10 Å². The lowest BCUT2D eigenvalue weighted by Crippen LogP contribution is -2.47. The van der Waals surface area contributed by atoms with Crippen LogP contribution in [0.3, 0.4) is 0 Å². The fourth-order valence-corrected chi connectivity index (χ4v) is 4.82. The molecule has 8 nitrogen and oxygen atoms in total. The van der Waals surface area contributed by atoms with Gasteiger partial charge in [-0.2, -0.15) is 5.10 Å². The quantitative estimate of drug-likeness (QED) is 0.636. The highest BCUT2D eigenvalue weighted by Crippen LogP contribution is 2.35. The second kappa shape index (κ2) is 7.60. The minimum Gasteiger partial charge on any atom is -0.474 e. The Morgan fingerprint density at radius 3 is 2.45 bits per heavy atom. The fourth-order valence-electron chi connectivity index (χ4n) is 4.82. The topological polar surface area (TPSA) is 91.9 Å². The van der Waals surface area contributed by atoms with Crippen LogP contribution < -0.4 is 15.0 Å². The van der Waals surface area contributed by atoms with E-state index in [1.807, 2.05) is 24.4 Å². The lowest BCUT2D eigenvalue weighted by atomic mass is 9.98. The minimum absolute atomic E-state index is 0.260. The summed E-state index contributed by atoms with van der Waals surface area (Å²) in [6.45, 7) is 0. The summed E-state index contributed by atoms with van der Waals surface area (Å²) in [6.07, 6.45) is 11.0. The van der Waals surface area contributed by atoms with Crippen LogP contribution in [0.2, 0.25) is 0 Å². The van der Waals surface area contributed by atoms with Gasteiger partial charge in [-0.15, -0.1) is 10.2 Å². The summed E-state index contributed by atoms with van der Waals surface area (Å²) in [5, 5.41) is 19.7. The molecule has 31 heavy (non-hydrogen) atoms. The largest absolute Gasteiger partial charge is 0.474 e. The molecule has 3 aliphatic rings. The molecule has 0 spiro atoms. The van der Waals surface area contributed by atoms with Crippen LogP contribution in [-0.4, -0.2) is 56.7 Å². The van der Waals surface area contributed by atoms with Crippen LogP contribution in [-0.2, 0) is 0 Å². The normalized spacial score (nSPS) is 24.9. The average molecular weight is 418 g/mol. The summed E-state index contributed by atoms with van der Waals surface area (Å²) in [5.74, 6) is 1.55. The molecule has 2 bridgehead atoms. The lowest BCUT2D eigenvalue weighted by molar-refractivity contribution is 0.293. The molecule has 1 aliphatic carbocycles. The molecule has 0 aromatic carbocycles. The van der Waals surface area contributed by atoms with Gasteiger partial charge >= 0.3 is 0 Å². The third-order valence-electron chi connectivity index (χ3n) is 6.74. The Labute approximate surface area is 181 Å². The van der Waals surface area contributed by atoms with Crippen LogP contribution in [0.1, 0.15) is 38.5 Å². The van der Waals surface area contributed by atoms with Crippen LogP contribution in [0.4, 0.5) is 5.82 Å². The molecule has 3 aromatic rings. The van der Waals surface area contributed by atoms with Gasteiger partial charge in [0.05, 0.1) is 11.9 Å². The molecule has 2 aliphatic heterocycles. The van der Waals surface area contributed by atoms with Crippen molar-refractivity contribution in [2.75, 3.05) is 11.9 Å². The van der Waals surface area contributed by atoms with E-state index in [4.69, 9.17) is 9.72 Å². The number of nitrogens with one attached hydrogen (secondary N) is 2. The lowest BCUT2D eigenvalue weighted by Gasteiger charge is -2.36. The molecule has 3 aromatic heterocycles. The van der Waals surface area contributed by atoms with Crippen LogP contribution in [0, 0.1) is 0 Å². The minimum atomic E-state index is 0.260. The smallest absolute Gasteiger partial charge is 0.222 e. The van der Waals surface area contributed by atoms with Crippen LogP contribution in [0.5, 0.6) is 5.88 Å². The molecule has 3 fully saturated rings. The number of H-pyrrole nitrogens is 1. The molecule has 0 radical (unpaired) electrons. The third kappa shape index (κ3) is 3.76. The number of piperidine rings is 1. The maximum Gasteiger partial charge on any atom is 0.222 e. The zero-order valence-electron chi connectivity index (χ0n) is 17.7. The predicted octanol–water partition coefficient (Wildman–Crippen LogP) is 3.19. The van der Waals surface area contributed by atoms with Crippen molar-refractivity contribution in [2.24, 2.45) is 0 Å². The van der Waals surface area contributed by atoms with Gasteiger partial charge in [-0.05, 0) is 62.8 Å². The van der Waals surface area contributed by atoms with E-state index < -0.39 is 0 Å². The van der Waals surface area contributed by atoms with Crippen molar-refractivity contribution in [1.29, 1.82) is 0 Å². The molecule has 8 heteroatoms. The number of aromatic amines is 1. The predicted molar refractivity (Wildman–Crippen MR) is 118 cm³/mol. The Morgan fingerprint density at radius 1 is 0.968 bits per heavy atom. The van der Waals surface area contributed by atoms with Gasteiger partial charge in [0.2, 0.25) is 5.88 Å². The van der Waals surface area contributed by atoms with Gasteiger partial charge in [0, 0.05) is 42.5 Å². The van der Waals surface area contributed by atoms with Gasteiger partial charge in [0.1, 0.15) is 11.8 Å². The highest BCUT2D eigenvalue weighted by atomic mass is 16.5. The first-order valence-electron chi connectivity index (χ1n) is 11.2. The first-order chi connectivity index (χ1) is 15.2. The van der Waals surface area contributed by atoms with Crippen molar-refractivity contribution in [1.82, 2.24) is 30.7 Å². The van der Waals surface area contributed by atoms with Gasteiger partial charge in [-0.1, -0.05) is 0 Å². The van der Waals surface area contributed by atoms with E-state index in [1.54, 1.807) is 6.20 Å². The molecule has 0 amide bonds. The SMILES string of the molecule is CN(c1ccc(-c2ccc(-c3cn[nH]c3)c(OC3CC3)n2)nn1)C1C[C@H]2CC[C@@H](C1)N2. The van der Waals surface area contributed by atoms with Crippen molar-refractivity contribution in [3.05, 3.63) is 36.7 Å². The Bertz CT molecular complexity index is 1040. The fraction of sp³-hybridized carbons (Fsp3) is 0.478. The monoisotopic (exact) mass is 417 g/mol. The highest BCUT2D eigenvalue weighted by Gasteiger charge is 2.35. The number of anilines is 1. The summed E-state index contributed by atoms with van der Waals surface area (Å²) in [7, 11) is 2.14. The van der Waals surface area contributed by atoms with E-state index in [1.165, 1.54) is 25.7 Å². The number of rotatable bonds is 6. The van der Waals surface area contributed by atoms with Gasteiger partial charge in [-0.25, -0.2) is 4.98 Å². The summed E-state index contributed by atoms with van der Waals surface area (Å²) in [4.78, 5) is 7.07. The molecule has 1 unspecified atom stereocenters. The molecule has 160 valence electrons. The number of ether oxygens (including phenoxy) is 1. The standard InChI is InChI=1S/C23H27N7O/c1-30(17-10-15-2-3-16(11-17)26-15)22-9-8-21(28-29-22)20-7-6-19(14-12-24-25-13-14)23(27-20)31-18-4-5-18/h6-9,12-13,15-18,26H,2-5,10-11H2,1H3,(H,24,25)/t15-,16+,17?. The van der Waals surface area contributed by atoms with E-state index in [0.717, 1.165) is 41.2 Å². The number of nitrogens with zero attached hydrogens (tertiary/aromatic N) is 5. The van der Waals surface area contributed by atoms with Crippen LogP contribution in [0.15, 0.2) is 36.7 Å². The number of aromatic nitrogens is 5. The van der Waals surface area contributed by atoms with Crippen molar-refractivity contribution < 1.29 is 4.74 Å². The molecule has 6 rings (SSSR count). The number of pyridine rings is 1. The zero-order valence-corrected chi connectivity index (χ0v) is 17.7. The van der Waals surface area contributed by atoms with Gasteiger partial charge in [0.15, 0.2) is 5.82 Å². The van der Waals surface area contributed by atoms with E-state index in [-0.39, 0.29) is 6.10 Å². The Kier molecular flexibility index (Phi) is 4.60. The maximum atomic E-state index is 6.09. The summed E-state index contributed by atoms with van der Waals surface area (Å²) in [5.41, 5.74) is 3.43. The van der Waals surface area contributed by atoms with Crippen molar-refractivity contribution in [3.8, 4) is 28.4 Å². The number of fused-ring (bicyclic) bond motifs is 2. The molecular formula is C23H27N7O. The third-order valence-corrected chi connectivity index (χ3v) is 6.74. The highest BCUT2D eigenvalue weighted by molar-refractivity contribution is 5.70. The maximum absolute atomic E-state index is 6.09. The molecule has 1 saturated carbocycles. The second-order valence-corrected chi connectivity index (χ2v) is 9.00. The summed E-state index contributed by atoms with van der Waals surface area (Å²) in [6, 6.07) is 9.89. The van der Waals surface area contributed by atoms with Crippen molar-refractivity contribution in [3.63, 3.8) is 0 Å². The Morgan fingerprint density at radius 2 is 1.77 bits per heavy atom. The number of hydrogen-bond acceptors (Lipinski definition) is 7. The van der Waals surface area contributed by atoms with Crippen molar-refractivity contribution >= 4 is 5.82 Å². The summed E-state index contributed by atoms with van der Waals surface area (Å²) >= 11 is 0. The Hall–Kier alpha value is -3.00. The summed E-state index contributed by atoms with van der Waals surface area (Å²) < 4.78 is 6.09. The van der Waals surface area contributed by atoms with Gasteiger partial charge in [0.25, 0.3) is 0 Å². The van der Waals surface area contributed by atoms with Crippen LogP contribution >= 0.6 is 0 Å². The van der Waals surface area contributed by atoms with E-state index in [9.17, 15) is 0 Å². The average Bonchev–Trinajstić information content (AvgIpc) is 3.32. The van der Waals surface area contributed by atoms with Gasteiger partial charge < -0.3 is 15.0 Å². The number of hydrogen-bond donors (Lipinski definition) is 2. The molecule has 2 saturated heterocycles. The Balaban J connectivity index is 1.24.